The summed E-state index contributed by atoms with van der Waals surface area (Å²) in [5, 5.41) is 11.3. The summed E-state index contributed by atoms with van der Waals surface area (Å²) in [5.41, 5.74) is -0.772. The molecule has 14 nitrogen and oxygen atoms in total. The SMILES string of the molecule is CCOC(=O)N1CCN(C(=O)CSc2nc(-c3ccc([N+](=O)[O-])cc3)nc3c2c(=O)n(C)c(=O)n3C)CC1. The van der Waals surface area contributed by atoms with Crippen LogP contribution in [0.4, 0.5) is 10.5 Å². The van der Waals surface area contributed by atoms with Gasteiger partial charge in [-0.15, -0.1) is 0 Å². The Morgan fingerprint density at radius 2 is 1.66 bits per heavy atom. The maximum atomic E-state index is 13.0. The molecule has 200 valence electrons. The van der Waals surface area contributed by atoms with E-state index >= 15 is 0 Å². The van der Waals surface area contributed by atoms with Crippen LogP contribution >= 0.6 is 11.8 Å². The molecule has 1 aliphatic heterocycles. The number of aromatic nitrogens is 4. The van der Waals surface area contributed by atoms with Crippen molar-refractivity contribution >= 4 is 40.5 Å². The number of nitro groups is 1. The lowest BCUT2D eigenvalue weighted by atomic mass is 10.2. The number of carbonyl (C=O) groups excluding carboxylic acids is 2. The maximum absolute atomic E-state index is 13.0. The Morgan fingerprint density at radius 3 is 2.26 bits per heavy atom. The summed E-state index contributed by atoms with van der Waals surface area (Å²) >= 11 is 1.04. The van der Waals surface area contributed by atoms with Crippen LogP contribution in [-0.4, -0.2) is 84.4 Å². The van der Waals surface area contributed by atoms with Gasteiger partial charge in [-0.1, -0.05) is 11.8 Å². The zero-order valence-corrected chi connectivity index (χ0v) is 21.8. The third-order valence-electron chi connectivity index (χ3n) is 6.09. The van der Waals surface area contributed by atoms with E-state index in [4.69, 9.17) is 4.74 Å². The molecular weight excluding hydrogens is 518 g/mol. The number of hydrogen-bond acceptors (Lipinski definition) is 10. The highest BCUT2D eigenvalue weighted by Crippen LogP contribution is 2.27. The van der Waals surface area contributed by atoms with E-state index < -0.39 is 22.3 Å². The van der Waals surface area contributed by atoms with Crippen LogP contribution in [0, 0.1) is 10.1 Å². The van der Waals surface area contributed by atoms with E-state index in [9.17, 15) is 29.3 Å². The van der Waals surface area contributed by atoms with Crippen LogP contribution in [0.2, 0.25) is 0 Å². The van der Waals surface area contributed by atoms with Crippen LogP contribution in [0.25, 0.3) is 22.4 Å². The largest absolute Gasteiger partial charge is 0.450 e. The quantitative estimate of drug-likeness (QED) is 0.190. The molecule has 1 aromatic carbocycles. The summed E-state index contributed by atoms with van der Waals surface area (Å²) in [6.07, 6.45) is -0.415. The molecule has 0 unspecified atom stereocenters. The Hall–Kier alpha value is -4.27. The molecule has 1 fully saturated rings. The second-order valence-corrected chi connectivity index (χ2v) is 9.38. The van der Waals surface area contributed by atoms with Crippen LogP contribution < -0.4 is 11.2 Å². The molecule has 0 atom stereocenters. The maximum Gasteiger partial charge on any atom is 0.409 e. The van der Waals surface area contributed by atoms with E-state index in [1.54, 1.807) is 16.7 Å². The molecule has 0 spiro atoms. The molecule has 0 aliphatic carbocycles. The minimum Gasteiger partial charge on any atom is -0.450 e. The van der Waals surface area contributed by atoms with E-state index in [1.165, 1.54) is 42.9 Å². The second kappa shape index (κ2) is 11.0. The minimum absolute atomic E-state index is 0.0444. The van der Waals surface area contributed by atoms with Crippen LogP contribution in [0.3, 0.4) is 0 Å². The summed E-state index contributed by atoms with van der Waals surface area (Å²) in [6.45, 7) is 3.37. The molecule has 38 heavy (non-hydrogen) atoms. The van der Waals surface area contributed by atoms with Gasteiger partial charge in [-0.3, -0.25) is 28.8 Å². The standard InChI is InChI=1S/C23H25N7O7S/c1-4-37-23(34)29-11-9-28(10-12-29)16(31)13-38-20-17-19(26(2)22(33)27(3)21(17)32)24-18(25-20)14-5-7-15(8-6-14)30(35)36/h5-8H,4,9-13H2,1-3H3. The lowest BCUT2D eigenvalue weighted by Gasteiger charge is -2.34. The Labute approximate surface area is 220 Å². The Kier molecular flexibility index (Phi) is 7.75. The Balaban J connectivity index is 1.64. The molecule has 3 aromatic rings. The molecule has 1 aliphatic rings. The van der Waals surface area contributed by atoms with Crippen LogP contribution in [0.5, 0.6) is 0 Å². The topological polar surface area (TPSA) is 163 Å². The predicted octanol–water partition coefficient (Wildman–Crippen LogP) is 0.995. The van der Waals surface area contributed by atoms with Crippen molar-refractivity contribution in [2.24, 2.45) is 14.1 Å². The third kappa shape index (κ3) is 5.22. The highest BCUT2D eigenvalue weighted by Gasteiger charge is 2.26. The van der Waals surface area contributed by atoms with Crippen molar-refractivity contribution in [1.82, 2.24) is 28.9 Å². The highest BCUT2D eigenvalue weighted by molar-refractivity contribution is 8.00. The number of nitro benzene ring substituents is 1. The monoisotopic (exact) mass is 543 g/mol. The zero-order chi connectivity index (χ0) is 27.6. The normalized spacial score (nSPS) is 13.6. The average Bonchev–Trinajstić information content (AvgIpc) is 2.93. The first-order valence-corrected chi connectivity index (χ1v) is 12.7. The number of nitrogens with zero attached hydrogens (tertiary/aromatic N) is 7. The number of amides is 2. The lowest BCUT2D eigenvalue weighted by molar-refractivity contribution is -0.384. The summed E-state index contributed by atoms with van der Waals surface area (Å²) in [7, 11) is 2.82. The van der Waals surface area contributed by atoms with Crippen molar-refractivity contribution in [2.45, 2.75) is 11.9 Å². The van der Waals surface area contributed by atoms with Gasteiger partial charge >= 0.3 is 11.8 Å². The van der Waals surface area contributed by atoms with Crippen LogP contribution in [-0.2, 0) is 23.6 Å². The molecule has 0 bridgehead atoms. The molecule has 15 heteroatoms. The number of hydrogen-bond donors (Lipinski definition) is 0. The first kappa shape index (κ1) is 26.8. The molecular formula is C23H25N7O7S. The number of aryl methyl sites for hydroxylation is 1. The minimum atomic E-state index is -0.601. The van der Waals surface area contributed by atoms with Gasteiger partial charge in [-0.2, -0.15) is 0 Å². The molecule has 0 radical (unpaired) electrons. The number of rotatable bonds is 6. The van der Waals surface area contributed by atoms with Crippen LogP contribution in [0.1, 0.15) is 6.92 Å². The first-order chi connectivity index (χ1) is 18.1. The zero-order valence-electron chi connectivity index (χ0n) is 20.9. The summed E-state index contributed by atoms with van der Waals surface area (Å²) in [6, 6.07) is 5.55. The first-order valence-electron chi connectivity index (χ1n) is 11.7. The van der Waals surface area contributed by atoms with Gasteiger partial charge in [-0.25, -0.2) is 19.6 Å². The second-order valence-electron chi connectivity index (χ2n) is 8.42. The fourth-order valence-electron chi connectivity index (χ4n) is 3.97. The van der Waals surface area contributed by atoms with E-state index in [1.807, 2.05) is 0 Å². The van der Waals surface area contributed by atoms with E-state index in [2.05, 4.69) is 9.97 Å². The van der Waals surface area contributed by atoms with Gasteiger partial charge in [0.15, 0.2) is 11.5 Å². The molecule has 0 N–H and O–H groups in total. The van der Waals surface area contributed by atoms with Crippen molar-refractivity contribution < 1.29 is 19.2 Å². The van der Waals surface area contributed by atoms with Gasteiger partial charge < -0.3 is 14.5 Å². The summed E-state index contributed by atoms with van der Waals surface area (Å²) in [5.74, 6) is -0.102. The van der Waals surface area contributed by atoms with Gasteiger partial charge in [-0.05, 0) is 19.1 Å². The molecule has 3 heterocycles. The van der Waals surface area contributed by atoms with Gasteiger partial charge in [0.1, 0.15) is 10.4 Å². The van der Waals surface area contributed by atoms with Crippen molar-refractivity contribution in [2.75, 3.05) is 38.5 Å². The summed E-state index contributed by atoms with van der Waals surface area (Å²) in [4.78, 5) is 73.0. The van der Waals surface area contributed by atoms with E-state index in [0.29, 0.717) is 31.7 Å². The van der Waals surface area contributed by atoms with E-state index in [-0.39, 0.29) is 45.8 Å². The third-order valence-corrected chi connectivity index (χ3v) is 7.05. The van der Waals surface area contributed by atoms with Crippen LogP contribution in [0.15, 0.2) is 38.9 Å². The van der Waals surface area contributed by atoms with Crippen molar-refractivity contribution in [1.29, 1.82) is 0 Å². The molecule has 0 saturated carbocycles. The number of carbonyl (C=O) groups is 2. The number of benzene rings is 1. The van der Waals surface area contributed by atoms with Crippen molar-refractivity contribution in [3.63, 3.8) is 0 Å². The summed E-state index contributed by atoms with van der Waals surface area (Å²) < 4.78 is 7.16. The van der Waals surface area contributed by atoms with Gasteiger partial charge in [0, 0.05) is 58.0 Å². The van der Waals surface area contributed by atoms with Crippen molar-refractivity contribution in [3.05, 3.63) is 55.2 Å². The Bertz CT molecular complexity index is 1530. The number of piperazine rings is 1. The molecule has 1 saturated heterocycles. The van der Waals surface area contributed by atoms with Gasteiger partial charge in [0.05, 0.1) is 17.3 Å². The van der Waals surface area contributed by atoms with Gasteiger partial charge in [0.2, 0.25) is 5.91 Å². The van der Waals surface area contributed by atoms with Crippen molar-refractivity contribution in [3.8, 4) is 11.4 Å². The Morgan fingerprint density at radius 1 is 1.03 bits per heavy atom. The van der Waals surface area contributed by atoms with Gasteiger partial charge in [0.25, 0.3) is 11.2 Å². The number of fused-ring (bicyclic) bond motifs is 1. The van der Waals surface area contributed by atoms with E-state index in [0.717, 1.165) is 16.3 Å². The highest BCUT2D eigenvalue weighted by atomic mass is 32.2. The number of thioether (sulfide) groups is 1. The average molecular weight is 544 g/mol. The lowest BCUT2D eigenvalue weighted by Crippen LogP contribution is -2.51. The molecule has 2 aromatic heterocycles. The molecule has 2 amide bonds. The number of non-ortho nitro benzene ring substituents is 1. The smallest absolute Gasteiger partial charge is 0.409 e. The number of ether oxygens (including phenoxy) is 1. The fourth-order valence-corrected chi connectivity index (χ4v) is 4.89. The fraction of sp³-hybridized carbons (Fsp3) is 0.391. The predicted molar refractivity (Wildman–Crippen MR) is 138 cm³/mol. The molecule has 4 rings (SSSR count).